The van der Waals surface area contributed by atoms with Crippen molar-refractivity contribution < 1.29 is 0 Å². The molecule has 182 valence electrons. The third-order valence-electron chi connectivity index (χ3n) is 8.05. The maximum Gasteiger partial charge on any atom is 0.203 e. The summed E-state index contributed by atoms with van der Waals surface area (Å²) < 4.78 is 2.15. The number of nitrogens with two attached hydrogens (primary N) is 1. The van der Waals surface area contributed by atoms with Crippen molar-refractivity contribution in [1.82, 2.24) is 35.5 Å². The zero-order chi connectivity index (χ0) is 23.6. The maximum absolute atomic E-state index is 6.16. The normalized spacial score (nSPS) is 21.7. The van der Waals surface area contributed by atoms with Crippen LogP contribution < -0.4 is 11.1 Å². The van der Waals surface area contributed by atoms with E-state index < -0.39 is 0 Å². The van der Waals surface area contributed by atoms with Crippen LogP contribution in [0.15, 0.2) is 48.8 Å². The molecule has 4 N–H and O–H groups in total. The molecular formula is C27H34N8. The molecule has 2 saturated carbocycles. The smallest absolute Gasteiger partial charge is 0.203 e. The van der Waals surface area contributed by atoms with Gasteiger partial charge in [0.2, 0.25) is 5.65 Å². The van der Waals surface area contributed by atoms with Gasteiger partial charge in [-0.05, 0) is 86.6 Å². The first kappa shape index (κ1) is 22.2. The molecule has 6 rings (SSSR count). The predicted octanol–water partition coefficient (Wildman–Crippen LogP) is 4.69. The summed E-state index contributed by atoms with van der Waals surface area (Å²) in [6, 6.07) is 14.0. The Labute approximate surface area is 205 Å². The number of hydrogen-bond donors (Lipinski definition) is 3. The largest absolute Gasteiger partial charge is 0.384 e. The molecule has 0 bridgehead atoms. The molecule has 2 fully saturated rings. The van der Waals surface area contributed by atoms with Crippen molar-refractivity contribution >= 4 is 17.0 Å². The highest BCUT2D eigenvalue weighted by atomic mass is 15.3. The molecule has 1 aromatic carbocycles. The van der Waals surface area contributed by atoms with E-state index in [9.17, 15) is 0 Å². The first-order valence-corrected chi connectivity index (χ1v) is 13.0. The van der Waals surface area contributed by atoms with Gasteiger partial charge in [-0.2, -0.15) is 15.4 Å². The topological polar surface area (TPSA) is 110 Å². The summed E-state index contributed by atoms with van der Waals surface area (Å²) in [6.07, 6.45) is 13.9. The number of benzene rings is 1. The zero-order valence-corrected chi connectivity index (χ0v) is 20.1. The molecule has 0 amide bonds. The number of nitrogens with zero attached hydrogens (tertiary/aromatic N) is 5. The van der Waals surface area contributed by atoms with Crippen LogP contribution in [0, 0.1) is 0 Å². The van der Waals surface area contributed by atoms with E-state index in [1.165, 1.54) is 56.1 Å². The Bertz CT molecular complexity index is 1250. The molecule has 8 heteroatoms. The highest BCUT2D eigenvalue weighted by molar-refractivity contribution is 5.77. The van der Waals surface area contributed by atoms with Crippen LogP contribution in [0.1, 0.15) is 85.9 Å². The van der Waals surface area contributed by atoms with Gasteiger partial charge in [0.25, 0.3) is 0 Å². The van der Waals surface area contributed by atoms with Crippen LogP contribution >= 0.6 is 0 Å². The number of aromatic amines is 1. The van der Waals surface area contributed by atoms with Gasteiger partial charge >= 0.3 is 0 Å². The number of rotatable bonds is 8. The van der Waals surface area contributed by atoms with Gasteiger partial charge in [-0.25, -0.2) is 4.98 Å². The van der Waals surface area contributed by atoms with Crippen LogP contribution in [-0.2, 0) is 0 Å². The van der Waals surface area contributed by atoms with E-state index in [0.29, 0.717) is 29.5 Å². The SMILES string of the molecule is Nc1cc(C(CCNC2CCC(c3ccccc3)CC2)c2cnn(C3CCC3)c2)c2n[nH]nc2n1. The zero-order valence-electron chi connectivity index (χ0n) is 20.1. The average Bonchev–Trinajstić information content (AvgIpc) is 3.51. The second-order valence-corrected chi connectivity index (χ2v) is 10.2. The van der Waals surface area contributed by atoms with Crippen molar-refractivity contribution in [2.75, 3.05) is 12.3 Å². The quantitative estimate of drug-likeness (QED) is 0.344. The fourth-order valence-corrected chi connectivity index (χ4v) is 5.82. The van der Waals surface area contributed by atoms with Crippen molar-refractivity contribution in [3.63, 3.8) is 0 Å². The summed E-state index contributed by atoms with van der Waals surface area (Å²) in [4.78, 5) is 4.35. The number of fused-ring (bicyclic) bond motifs is 1. The molecule has 2 aliphatic carbocycles. The van der Waals surface area contributed by atoms with Crippen LogP contribution in [0.25, 0.3) is 11.2 Å². The Kier molecular flexibility index (Phi) is 6.21. The third kappa shape index (κ3) is 4.67. The highest BCUT2D eigenvalue weighted by Crippen LogP contribution is 2.36. The Morgan fingerprint density at radius 1 is 1.06 bits per heavy atom. The van der Waals surface area contributed by atoms with E-state index in [0.717, 1.165) is 24.0 Å². The molecule has 4 aromatic rings. The number of aromatic nitrogens is 6. The molecule has 3 aromatic heterocycles. The highest BCUT2D eigenvalue weighted by Gasteiger charge is 2.26. The minimum absolute atomic E-state index is 0.134. The van der Waals surface area contributed by atoms with Crippen LogP contribution in [-0.4, -0.2) is 42.8 Å². The summed E-state index contributed by atoms with van der Waals surface area (Å²) in [5.41, 5.74) is 11.3. The molecule has 1 unspecified atom stereocenters. The second kappa shape index (κ2) is 9.77. The van der Waals surface area contributed by atoms with E-state index >= 15 is 0 Å². The van der Waals surface area contributed by atoms with Gasteiger partial charge in [-0.1, -0.05) is 30.3 Å². The number of anilines is 1. The maximum atomic E-state index is 6.16. The van der Waals surface area contributed by atoms with Crippen LogP contribution in [0.4, 0.5) is 5.82 Å². The van der Waals surface area contributed by atoms with Crippen LogP contribution in [0.5, 0.6) is 0 Å². The van der Waals surface area contributed by atoms with Gasteiger partial charge in [0.05, 0.1) is 12.2 Å². The number of pyridine rings is 1. The van der Waals surface area contributed by atoms with Gasteiger partial charge < -0.3 is 11.1 Å². The van der Waals surface area contributed by atoms with Crippen LogP contribution in [0.3, 0.4) is 0 Å². The summed E-state index contributed by atoms with van der Waals surface area (Å²) >= 11 is 0. The Hall–Kier alpha value is -3.26. The molecule has 1 atom stereocenters. The fraction of sp³-hybridized carbons (Fsp3) is 0.481. The minimum Gasteiger partial charge on any atom is -0.384 e. The average molecular weight is 471 g/mol. The van der Waals surface area contributed by atoms with Crippen molar-refractivity contribution in [3.8, 4) is 0 Å². The molecule has 8 nitrogen and oxygen atoms in total. The first-order chi connectivity index (χ1) is 17.2. The molecule has 2 aliphatic rings. The van der Waals surface area contributed by atoms with Crippen molar-refractivity contribution in [2.45, 2.75) is 75.3 Å². The lowest BCUT2D eigenvalue weighted by molar-refractivity contribution is 0.289. The van der Waals surface area contributed by atoms with E-state index in [4.69, 9.17) is 10.8 Å². The molecule has 3 heterocycles. The number of hydrogen-bond acceptors (Lipinski definition) is 6. The molecule has 35 heavy (non-hydrogen) atoms. The Morgan fingerprint density at radius 2 is 1.89 bits per heavy atom. The standard InChI is InChI=1S/C27H34N8/c28-25-15-24(26-27(31-25)33-34-32-26)23(20-16-30-35(17-20)22-7-4-8-22)13-14-29-21-11-9-19(10-12-21)18-5-2-1-3-6-18/h1-3,5-6,15-17,19,21-23,29H,4,7-14H2,(H3,28,31,32,33,34). The number of nitrogen functional groups attached to an aromatic ring is 1. The summed E-state index contributed by atoms with van der Waals surface area (Å²) in [6.45, 7) is 0.932. The molecule has 0 saturated heterocycles. The van der Waals surface area contributed by atoms with E-state index in [2.05, 4.69) is 66.9 Å². The van der Waals surface area contributed by atoms with E-state index in [1.807, 2.05) is 12.3 Å². The number of nitrogens with one attached hydrogen (secondary N) is 2. The minimum atomic E-state index is 0.134. The summed E-state index contributed by atoms with van der Waals surface area (Å²) in [7, 11) is 0. The monoisotopic (exact) mass is 470 g/mol. The predicted molar refractivity (Wildman–Crippen MR) is 137 cm³/mol. The summed E-state index contributed by atoms with van der Waals surface area (Å²) in [5.74, 6) is 1.31. The Balaban J connectivity index is 1.16. The van der Waals surface area contributed by atoms with Gasteiger partial charge in [-0.3, -0.25) is 4.68 Å². The van der Waals surface area contributed by atoms with Gasteiger partial charge in [0.1, 0.15) is 11.3 Å². The van der Waals surface area contributed by atoms with Crippen LogP contribution in [0.2, 0.25) is 0 Å². The summed E-state index contributed by atoms with van der Waals surface area (Å²) in [5, 5.41) is 19.9. The lowest BCUT2D eigenvalue weighted by atomic mass is 9.81. The van der Waals surface area contributed by atoms with Crippen molar-refractivity contribution in [1.29, 1.82) is 0 Å². The molecular weight excluding hydrogens is 436 g/mol. The van der Waals surface area contributed by atoms with Crippen molar-refractivity contribution in [2.24, 2.45) is 0 Å². The lowest BCUT2D eigenvalue weighted by Crippen LogP contribution is -2.34. The van der Waals surface area contributed by atoms with Gasteiger partial charge in [0, 0.05) is 18.2 Å². The lowest BCUT2D eigenvalue weighted by Gasteiger charge is -2.30. The molecule has 0 aliphatic heterocycles. The third-order valence-corrected chi connectivity index (χ3v) is 8.05. The van der Waals surface area contributed by atoms with E-state index in [-0.39, 0.29) is 5.92 Å². The van der Waals surface area contributed by atoms with E-state index in [1.54, 1.807) is 0 Å². The van der Waals surface area contributed by atoms with Gasteiger partial charge in [0.15, 0.2) is 0 Å². The van der Waals surface area contributed by atoms with Crippen molar-refractivity contribution in [3.05, 3.63) is 65.5 Å². The van der Waals surface area contributed by atoms with Gasteiger partial charge in [-0.15, -0.1) is 5.10 Å². The number of H-pyrrole nitrogens is 1. The fourth-order valence-electron chi connectivity index (χ4n) is 5.82. The second-order valence-electron chi connectivity index (χ2n) is 10.2. The first-order valence-electron chi connectivity index (χ1n) is 13.0. The molecule has 0 radical (unpaired) electrons. The Morgan fingerprint density at radius 3 is 2.66 bits per heavy atom. The molecule has 0 spiro atoms.